The number of carboxylic acids is 1. The molecule has 3 heterocycles. The van der Waals surface area contributed by atoms with E-state index in [-0.39, 0.29) is 29.3 Å². The molecule has 0 saturated carbocycles. The Bertz CT molecular complexity index is 1410. The summed E-state index contributed by atoms with van der Waals surface area (Å²) in [4.78, 5) is 34.1. The van der Waals surface area contributed by atoms with Crippen molar-refractivity contribution in [3.8, 4) is 0 Å². The molecule has 2 unspecified atom stereocenters. The Balaban J connectivity index is 1.33. The van der Waals surface area contributed by atoms with E-state index in [9.17, 15) is 19.1 Å². The number of aryl methyl sites for hydroxylation is 1. The molecule has 214 valence electrons. The van der Waals surface area contributed by atoms with Crippen molar-refractivity contribution in [2.75, 3.05) is 26.2 Å². The first-order valence-electron chi connectivity index (χ1n) is 14.0. The van der Waals surface area contributed by atoms with Crippen molar-refractivity contribution in [1.82, 2.24) is 19.6 Å². The van der Waals surface area contributed by atoms with Crippen LogP contribution in [-0.2, 0) is 18.4 Å². The van der Waals surface area contributed by atoms with Crippen LogP contribution in [0.5, 0.6) is 0 Å². The Kier molecular flexibility index (Phi) is 8.68. The van der Waals surface area contributed by atoms with Gasteiger partial charge in [-0.25, -0.2) is 9.18 Å². The fourth-order valence-corrected chi connectivity index (χ4v) is 5.89. The van der Waals surface area contributed by atoms with Crippen molar-refractivity contribution in [3.63, 3.8) is 0 Å². The SMILES string of the molecule is Cn1nc(C(=O)O)cc1CN1CCC(C(=Nc2ccc(F)cc2)C(C=N)C(=O)N2CCC(c3ccccc3)C2)CC1. The normalized spacial score (nSPS) is 19.3. The highest BCUT2D eigenvalue weighted by molar-refractivity contribution is 6.16. The van der Waals surface area contributed by atoms with Crippen LogP contribution >= 0.6 is 0 Å². The van der Waals surface area contributed by atoms with Crippen LogP contribution in [0.2, 0.25) is 0 Å². The number of aliphatic imine (C=N–C) groups is 1. The van der Waals surface area contributed by atoms with E-state index >= 15 is 0 Å². The summed E-state index contributed by atoms with van der Waals surface area (Å²) in [5.41, 5.74) is 3.26. The van der Waals surface area contributed by atoms with Gasteiger partial charge in [-0.1, -0.05) is 30.3 Å². The van der Waals surface area contributed by atoms with Crippen LogP contribution in [0.1, 0.15) is 46.9 Å². The maximum Gasteiger partial charge on any atom is 0.356 e. The lowest BCUT2D eigenvalue weighted by molar-refractivity contribution is -0.130. The summed E-state index contributed by atoms with van der Waals surface area (Å²) in [5.74, 6) is -2.08. The molecule has 2 saturated heterocycles. The quantitative estimate of drug-likeness (QED) is 0.375. The number of carboxylic acid groups (broad SMARTS) is 1. The van der Waals surface area contributed by atoms with E-state index in [0.29, 0.717) is 31.0 Å². The summed E-state index contributed by atoms with van der Waals surface area (Å²) in [6.45, 7) is 3.25. The first kappa shape index (κ1) is 28.4. The Labute approximate surface area is 238 Å². The molecule has 2 fully saturated rings. The smallest absolute Gasteiger partial charge is 0.356 e. The molecule has 2 N–H and O–H groups in total. The van der Waals surface area contributed by atoms with E-state index in [2.05, 4.69) is 22.1 Å². The lowest BCUT2D eigenvalue weighted by atomic mass is 9.84. The zero-order valence-corrected chi connectivity index (χ0v) is 23.1. The third-order valence-corrected chi connectivity index (χ3v) is 8.19. The highest BCUT2D eigenvalue weighted by atomic mass is 19.1. The Morgan fingerprint density at radius 2 is 1.80 bits per heavy atom. The highest BCUT2D eigenvalue weighted by Crippen LogP contribution is 2.31. The van der Waals surface area contributed by atoms with Gasteiger partial charge in [0.1, 0.15) is 11.7 Å². The molecule has 2 atom stereocenters. The van der Waals surface area contributed by atoms with Crippen molar-refractivity contribution in [2.24, 2.45) is 23.9 Å². The highest BCUT2D eigenvalue weighted by Gasteiger charge is 2.36. The number of nitrogens with one attached hydrogen (secondary N) is 1. The van der Waals surface area contributed by atoms with Gasteiger partial charge in [0.15, 0.2) is 5.69 Å². The molecule has 0 radical (unpaired) electrons. The number of piperidine rings is 1. The van der Waals surface area contributed by atoms with Crippen molar-refractivity contribution in [2.45, 2.75) is 31.7 Å². The number of amides is 1. The molecule has 1 aromatic heterocycles. The number of carbonyl (C=O) groups is 2. The molecule has 1 amide bonds. The van der Waals surface area contributed by atoms with Crippen LogP contribution in [0.15, 0.2) is 65.7 Å². The Morgan fingerprint density at radius 1 is 1.10 bits per heavy atom. The molecule has 0 spiro atoms. The molecule has 10 heteroatoms. The van der Waals surface area contributed by atoms with E-state index in [4.69, 9.17) is 10.4 Å². The average molecular weight is 559 g/mol. The van der Waals surface area contributed by atoms with E-state index in [1.54, 1.807) is 29.9 Å². The molecule has 0 aliphatic carbocycles. The van der Waals surface area contributed by atoms with E-state index in [1.165, 1.54) is 23.9 Å². The third kappa shape index (κ3) is 6.59. The monoisotopic (exact) mass is 558 g/mol. The zero-order valence-electron chi connectivity index (χ0n) is 23.1. The largest absolute Gasteiger partial charge is 0.476 e. The van der Waals surface area contributed by atoms with Gasteiger partial charge in [-0.05, 0) is 68.2 Å². The molecular formula is C31H35FN6O3. The van der Waals surface area contributed by atoms with Gasteiger partial charge in [0, 0.05) is 50.4 Å². The van der Waals surface area contributed by atoms with Gasteiger partial charge in [0.25, 0.3) is 0 Å². The van der Waals surface area contributed by atoms with Crippen LogP contribution in [0, 0.1) is 23.1 Å². The second-order valence-electron chi connectivity index (χ2n) is 10.8. The van der Waals surface area contributed by atoms with Crippen molar-refractivity contribution in [1.29, 1.82) is 5.41 Å². The van der Waals surface area contributed by atoms with Gasteiger partial charge in [-0.3, -0.25) is 19.4 Å². The molecule has 2 aliphatic rings. The number of carbonyl (C=O) groups excluding carboxylic acids is 1. The standard InChI is InChI=1S/C31H35FN6O3/c1-36-26(17-28(35-36)31(40)41)20-37-14-11-22(12-15-37)29(34-25-9-7-24(32)8-10-25)27(18-33)30(39)38-16-13-23(19-38)21-5-3-2-4-6-21/h2-10,17-18,22-23,27,33H,11-16,19-20H2,1H3,(H,40,41). The fraction of sp³-hybridized carbons (Fsp3) is 0.387. The molecule has 9 nitrogen and oxygen atoms in total. The van der Waals surface area contributed by atoms with E-state index in [0.717, 1.165) is 38.0 Å². The number of likely N-dealkylation sites (tertiary alicyclic amines) is 2. The van der Waals surface area contributed by atoms with Crippen LogP contribution in [-0.4, -0.2) is 74.7 Å². The summed E-state index contributed by atoms with van der Waals surface area (Å²) in [7, 11) is 1.74. The minimum Gasteiger partial charge on any atom is -0.476 e. The predicted molar refractivity (Wildman–Crippen MR) is 154 cm³/mol. The minimum absolute atomic E-state index is 0.0230. The number of hydrogen-bond acceptors (Lipinski definition) is 6. The van der Waals surface area contributed by atoms with Crippen molar-refractivity contribution >= 4 is 29.5 Å². The van der Waals surface area contributed by atoms with Crippen LogP contribution in [0.4, 0.5) is 10.1 Å². The molecule has 5 rings (SSSR count). The molecule has 3 aromatic rings. The summed E-state index contributed by atoms with van der Waals surface area (Å²) in [5, 5.41) is 21.6. The Morgan fingerprint density at radius 3 is 2.44 bits per heavy atom. The van der Waals surface area contributed by atoms with Crippen LogP contribution in [0.3, 0.4) is 0 Å². The second-order valence-corrected chi connectivity index (χ2v) is 10.8. The number of aromatic nitrogens is 2. The predicted octanol–water partition coefficient (Wildman–Crippen LogP) is 4.52. The lowest BCUT2D eigenvalue weighted by Gasteiger charge is -2.34. The van der Waals surface area contributed by atoms with Crippen LogP contribution < -0.4 is 0 Å². The number of hydrogen-bond donors (Lipinski definition) is 2. The minimum atomic E-state index is -1.05. The first-order chi connectivity index (χ1) is 19.8. The number of halogens is 1. The van der Waals surface area contributed by atoms with Crippen molar-refractivity contribution < 1.29 is 19.1 Å². The van der Waals surface area contributed by atoms with Gasteiger partial charge in [0.05, 0.1) is 11.4 Å². The summed E-state index contributed by atoms with van der Waals surface area (Å²) >= 11 is 0. The van der Waals surface area contributed by atoms with E-state index in [1.807, 2.05) is 23.1 Å². The first-order valence-corrected chi connectivity index (χ1v) is 14.0. The average Bonchev–Trinajstić information content (AvgIpc) is 3.62. The van der Waals surface area contributed by atoms with Gasteiger partial charge < -0.3 is 15.4 Å². The van der Waals surface area contributed by atoms with Crippen molar-refractivity contribution in [3.05, 3.63) is 83.4 Å². The fourth-order valence-electron chi connectivity index (χ4n) is 5.89. The van der Waals surface area contributed by atoms with Gasteiger partial charge in [0.2, 0.25) is 5.91 Å². The van der Waals surface area contributed by atoms with Gasteiger partial charge >= 0.3 is 5.97 Å². The number of nitrogens with zero attached hydrogens (tertiary/aromatic N) is 5. The lowest BCUT2D eigenvalue weighted by Crippen LogP contribution is -2.44. The summed E-state index contributed by atoms with van der Waals surface area (Å²) < 4.78 is 15.2. The van der Waals surface area contributed by atoms with Crippen LogP contribution in [0.25, 0.3) is 0 Å². The van der Waals surface area contributed by atoms with E-state index < -0.39 is 11.9 Å². The second kappa shape index (κ2) is 12.6. The summed E-state index contributed by atoms with van der Waals surface area (Å²) in [6, 6.07) is 17.7. The number of rotatable bonds is 9. The molecule has 2 aromatic carbocycles. The summed E-state index contributed by atoms with van der Waals surface area (Å²) in [6.07, 6.45) is 3.54. The molecule has 2 aliphatic heterocycles. The number of benzene rings is 2. The Hall–Kier alpha value is -4.18. The third-order valence-electron chi connectivity index (χ3n) is 8.19. The zero-order chi connectivity index (χ0) is 28.9. The number of aromatic carboxylic acids is 1. The topological polar surface area (TPSA) is 115 Å². The van der Waals surface area contributed by atoms with Gasteiger partial charge in [-0.15, -0.1) is 0 Å². The maximum absolute atomic E-state index is 13.8. The van der Waals surface area contributed by atoms with Gasteiger partial charge in [-0.2, -0.15) is 5.10 Å². The maximum atomic E-state index is 13.8. The molecule has 0 bridgehead atoms. The molecule has 41 heavy (non-hydrogen) atoms. The molecular weight excluding hydrogens is 523 g/mol.